The molecule has 0 radical (unpaired) electrons. The highest BCUT2D eigenvalue weighted by Crippen LogP contribution is 2.03. The first-order chi connectivity index (χ1) is 6.37. The standard InChI is InChI=1S/C9H20BrNO2S/c1-8(2)7-14(12,13)11-9(3)5-4-6-10/h8-9,11H,4-7H2,1-3H3. The van der Waals surface area contributed by atoms with Crippen molar-refractivity contribution in [2.75, 3.05) is 11.1 Å². The summed E-state index contributed by atoms with van der Waals surface area (Å²) in [6.07, 6.45) is 1.87. The molecule has 1 atom stereocenters. The van der Waals surface area contributed by atoms with E-state index in [4.69, 9.17) is 0 Å². The number of nitrogens with one attached hydrogen (secondary N) is 1. The van der Waals surface area contributed by atoms with Gasteiger partial charge < -0.3 is 0 Å². The van der Waals surface area contributed by atoms with Crippen molar-refractivity contribution < 1.29 is 8.42 Å². The molecule has 0 fully saturated rings. The quantitative estimate of drug-likeness (QED) is 0.729. The maximum atomic E-state index is 11.5. The number of rotatable bonds is 7. The van der Waals surface area contributed by atoms with Crippen LogP contribution in [0.4, 0.5) is 0 Å². The Morgan fingerprint density at radius 3 is 2.29 bits per heavy atom. The molecule has 86 valence electrons. The van der Waals surface area contributed by atoms with Crippen molar-refractivity contribution in [3.8, 4) is 0 Å². The van der Waals surface area contributed by atoms with E-state index >= 15 is 0 Å². The van der Waals surface area contributed by atoms with Gasteiger partial charge in [-0.05, 0) is 25.7 Å². The third kappa shape index (κ3) is 7.76. The molecule has 0 saturated carbocycles. The molecule has 14 heavy (non-hydrogen) atoms. The Morgan fingerprint density at radius 1 is 1.29 bits per heavy atom. The van der Waals surface area contributed by atoms with Crippen molar-refractivity contribution in [2.24, 2.45) is 5.92 Å². The molecule has 0 aromatic carbocycles. The van der Waals surface area contributed by atoms with Gasteiger partial charge in [0.25, 0.3) is 0 Å². The van der Waals surface area contributed by atoms with E-state index in [0.717, 1.165) is 18.2 Å². The summed E-state index contributed by atoms with van der Waals surface area (Å²) in [6, 6.07) is 0.0382. The van der Waals surface area contributed by atoms with Gasteiger partial charge in [-0.25, -0.2) is 13.1 Å². The predicted molar refractivity (Wildman–Crippen MR) is 64.3 cm³/mol. The van der Waals surface area contributed by atoms with Gasteiger partial charge >= 0.3 is 0 Å². The Balaban J connectivity index is 3.96. The van der Waals surface area contributed by atoms with Gasteiger partial charge in [0.05, 0.1) is 5.75 Å². The van der Waals surface area contributed by atoms with Crippen LogP contribution in [-0.2, 0) is 10.0 Å². The molecule has 0 amide bonds. The van der Waals surface area contributed by atoms with E-state index in [9.17, 15) is 8.42 Å². The molecule has 0 aliphatic heterocycles. The first kappa shape index (κ1) is 14.4. The van der Waals surface area contributed by atoms with Crippen LogP contribution in [0, 0.1) is 5.92 Å². The Labute approximate surface area is 95.8 Å². The fourth-order valence-corrected chi connectivity index (χ4v) is 3.26. The number of sulfonamides is 1. The third-order valence-electron chi connectivity index (χ3n) is 1.70. The topological polar surface area (TPSA) is 46.2 Å². The lowest BCUT2D eigenvalue weighted by Crippen LogP contribution is -2.35. The molecular weight excluding hydrogens is 266 g/mol. The number of hydrogen-bond donors (Lipinski definition) is 1. The highest BCUT2D eigenvalue weighted by Gasteiger charge is 2.15. The number of alkyl halides is 1. The van der Waals surface area contributed by atoms with E-state index in [-0.39, 0.29) is 17.7 Å². The average molecular weight is 286 g/mol. The van der Waals surface area contributed by atoms with Crippen LogP contribution in [0.3, 0.4) is 0 Å². The molecule has 0 aromatic rings. The third-order valence-corrected chi connectivity index (χ3v) is 4.13. The summed E-state index contributed by atoms with van der Waals surface area (Å²) in [7, 11) is -3.08. The molecule has 3 nitrogen and oxygen atoms in total. The van der Waals surface area contributed by atoms with Crippen LogP contribution in [-0.4, -0.2) is 25.5 Å². The van der Waals surface area contributed by atoms with Crippen molar-refractivity contribution >= 4 is 26.0 Å². The van der Waals surface area contributed by atoms with Crippen LogP contribution in [0.5, 0.6) is 0 Å². The second-order valence-electron chi connectivity index (χ2n) is 4.03. The molecule has 0 heterocycles. The average Bonchev–Trinajstić information content (AvgIpc) is 1.96. The molecule has 0 aliphatic carbocycles. The van der Waals surface area contributed by atoms with Gasteiger partial charge in [0.2, 0.25) is 10.0 Å². The van der Waals surface area contributed by atoms with E-state index in [2.05, 4.69) is 20.7 Å². The molecule has 0 bridgehead atoms. The highest BCUT2D eigenvalue weighted by molar-refractivity contribution is 9.09. The second kappa shape index (κ2) is 6.80. The summed E-state index contributed by atoms with van der Waals surface area (Å²) < 4.78 is 25.7. The van der Waals surface area contributed by atoms with Gasteiger partial charge in [0.15, 0.2) is 0 Å². The summed E-state index contributed by atoms with van der Waals surface area (Å²) in [5.74, 6) is 0.391. The van der Waals surface area contributed by atoms with Crippen LogP contribution in [0.15, 0.2) is 0 Å². The second-order valence-corrected chi connectivity index (χ2v) is 6.62. The van der Waals surface area contributed by atoms with Crippen LogP contribution < -0.4 is 4.72 Å². The first-order valence-corrected chi connectivity index (χ1v) is 7.70. The summed E-state index contributed by atoms with van der Waals surface area (Å²) in [6.45, 7) is 5.71. The minimum absolute atomic E-state index is 0.0382. The SMILES string of the molecule is CC(C)CS(=O)(=O)NC(C)CCCBr. The van der Waals surface area contributed by atoms with E-state index in [1.165, 1.54) is 0 Å². The molecule has 0 aromatic heterocycles. The van der Waals surface area contributed by atoms with Gasteiger partial charge in [-0.3, -0.25) is 0 Å². The van der Waals surface area contributed by atoms with E-state index < -0.39 is 10.0 Å². The molecule has 0 saturated heterocycles. The monoisotopic (exact) mass is 285 g/mol. The van der Waals surface area contributed by atoms with Crippen molar-refractivity contribution in [3.05, 3.63) is 0 Å². The van der Waals surface area contributed by atoms with E-state index in [1.807, 2.05) is 20.8 Å². The molecule has 1 unspecified atom stereocenters. The summed E-state index contributed by atoms with van der Waals surface area (Å²) in [4.78, 5) is 0. The highest BCUT2D eigenvalue weighted by atomic mass is 79.9. The van der Waals surface area contributed by atoms with Crippen LogP contribution >= 0.6 is 15.9 Å². The van der Waals surface area contributed by atoms with E-state index in [1.54, 1.807) is 0 Å². The molecule has 5 heteroatoms. The molecular formula is C9H20BrNO2S. The molecule has 0 aliphatic rings. The first-order valence-electron chi connectivity index (χ1n) is 4.93. The van der Waals surface area contributed by atoms with Crippen molar-refractivity contribution in [2.45, 2.75) is 39.7 Å². The Bertz CT molecular complexity index is 239. The minimum atomic E-state index is -3.08. The molecule has 1 N–H and O–H groups in total. The van der Waals surface area contributed by atoms with Gasteiger partial charge in [-0.1, -0.05) is 29.8 Å². The Morgan fingerprint density at radius 2 is 1.86 bits per heavy atom. The lowest BCUT2D eigenvalue weighted by molar-refractivity contribution is 0.536. The lowest BCUT2D eigenvalue weighted by Gasteiger charge is -2.14. The van der Waals surface area contributed by atoms with Crippen molar-refractivity contribution in [3.63, 3.8) is 0 Å². The summed E-state index contributed by atoms with van der Waals surface area (Å²) in [5, 5.41) is 0.920. The minimum Gasteiger partial charge on any atom is -0.212 e. The summed E-state index contributed by atoms with van der Waals surface area (Å²) in [5.41, 5.74) is 0. The van der Waals surface area contributed by atoms with Crippen LogP contribution in [0.2, 0.25) is 0 Å². The summed E-state index contributed by atoms with van der Waals surface area (Å²) >= 11 is 3.32. The lowest BCUT2D eigenvalue weighted by atomic mass is 10.2. The fourth-order valence-electron chi connectivity index (χ4n) is 1.24. The van der Waals surface area contributed by atoms with Crippen molar-refractivity contribution in [1.82, 2.24) is 4.72 Å². The zero-order chi connectivity index (χ0) is 11.2. The van der Waals surface area contributed by atoms with E-state index in [0.29, 0.717) is 0 Å². The smallest absolute Gasteiger partial charge is 0.212 e. The number of hydrogen-bond acceptors (Lipinski definition) is 2. The normalized spacial score (nSPS) is 14.6. The van der Waals surface area contributed by atoms with Gasteiger partial charge in [-0.15, -0.1) is 0 Å². The van der Waals surface area contributed by atoms with Crippen LogP contribution in [0.1, 0.15) is 33.6 Å². The maximum Gasteiger partial charge on any atom is 0.212 e. The molecule has 0 spiro atoms. The van der Waals surface area contributed by atoms with Gasteiger partial charge in [0.1, 0.15) is 0 Å². The molecule has 0 rings (SSSR count). The van der Waals surface area contributed by atoms with Gasteiger partial charge in [0, 0.05) is 11.4 Å². The zero-order valence-corrected chi connectivity index (χ0v) is 11.5. The van der Waals surface area contributed by atoms with Gasteiger partial charge in [-0.2, -0.15) is 0 Å². The largest absolute Gasteiger partial charge is 0.212 e. The van der Waals surface area contributed by atoms with Crippen LogP contribution in [0.25, 0.3) is 0 Å². The maximum absolute atomic E-state index is 11.5. The van der Waals surface area contributed by atoms with Crippen molar-refractivity contribution in [1.29, 1.82) is 0 Å². The Kier molecular flexibility index (Phi) is 6.99. The fraction of sp³-hybridized carbons (Fsp3) is 1.00. The predicted octanol–water partition coefficient (Wildman–Crippen LogP) is 2.13. The zero-order valence-electron chi connectivity index (χ0n) is 9.09. The Hall–Kier alpha value is 0.390. The number of halogens is 1.